The first-order chi connectivity index (χ1) is 8.09. The molecule has 0 saturated heterocycles. The molecule has 0 fully saturated rings. The second kappa shape index (κ2) is 6.74. The van der Waals surface area contributed by atoms with Crippen LogP contribution in [0, 0.1) is 0 Å². The number of aromatic nitrogens is 1. The van der Waals surface area contributed by atoms with E-state index < -0.39 is 6.09 Å². The summed E-state index contributed by atoms with van der Waals surface area (Å²) >= 11 is 4.01. The Morgan fingerprint density at radius 2 is 2.00 bits per heavy atom. The first kappa shape index (κ1) is 13.3. The van der Waals surface area contributed by atoms with E-state index in [9.17, 15) is 9.59 Å². The Kier molecular flexibility index (Phi) is 5.28. The highest BCUT2D eigenvalue weighted by molar-refractivity contribution is 7.80. The van der Waals surface area contributed by atoms with Gasteiger partial charge in [-0.05, 0) is 18.6 Å². The van der Waals surface area contributed by atoms with Crippen LogP contribution in [0.3, 0.4) is 0 Å². The van der Waals surface area contributed by atoms with Crippen LogP contribution in [0.1, 0.15) is 16.8 Å². The van der Waals surface area contributed by atoms with E-state index in [0.717, 1.165) is 0 Å². The number of hydrogen-bond acceptors (Lipinski definition) is 4. The van der Waals surface area contributed by atoms with Gasteiger partial charge in [-0.1, -0.05) is 0 Å². The summed E-state index contributed by atoms with van der Waals surface area (Å²) in [5.41, 5.74) is 0.453. The zero-order valence-electron chi connectivity index (χ0n) is 9.01. The summed E-state index contributed by atoms with van der Waals surface area (Å²) in [6.07, 6.45) is 0.911. The highest BCUT2D eigenvalue weighted by Gasteiger charge is 2.04. The van der Waals surface area contributed by atoms with Gasteiger partial charge in [-0.15, -0.1) is 12.6 Å². The van der Waals surface area contributed by atoms with E-state index in [4.69, 9.17) is 5.11 Å². The third kappa shape index (κ3) is 5.21. The minimum Gasteiger partial charge on any atom is -0.465 e. The summed E-state index contributed by atoms with van der Waals surface area (Å²) in [5, 5.41) is 13.7. The lowest BCUT2D eigenvalue weighted by Gasteiger charge is -2.05. The third-order valence-corrected chi connectivity index (χ3v) is 2.19. The summed E-state index contributed by atoms with van der Waals surface area (Å²) in [5.74, 6) is -0.235. The van der Waals surface area contributed by atoms with Gasteiger partial charge in [-0.3, -0.25) is 4.79 Å². The fraction of sp³-hybridized carbons (Fsp3) is 0.300. The molecule has 0 saturated carbocycles. The fourth-order valence-electron chi connectivity index (χ4n) is 1.11. The van der Waals surface area contributed by atoms with Crippen molar-refractivity contribution in [2.24, 2.45) is 0 Å². The molecule has 0 aliphatic rings. The maximum atomic E-state index is 11.5. The molecule has 0 unspecified atom stereocenters. The number of thiol groups is 1. The van der Waals surface area contributed by atoms with Crippen LogP contribution in [0.2, 0.25) is 0 Å². The van der Waals surface area contributed by atoms with E-state index in [1.807, 2.05) is 0 Å². The summed E-state index contributed by atoms with van der Waals surface area (Å²) in [7, 11) is 0. The summed E-state index contributed by atoms with van der Waals surface area (Å²) in [6.45, 7) is 0.713. The molecule has 0 atom stereocenters. The summed E-state index contributed by atoms with van der Waals surface area (Å²) in [4.78, 5) is 25.6. The number of rotatable bonds is 5. The Balaban J connectivity index is 2.25. The Morgan fingerprint density at radius 1 is 1.29 bits per heavy atom. The maximum Gasteiger partial charge on any atom is 0.404 e. The first-order valence-electron chi connectivity index (χ1n) is 4.99. The number of nitrogens with one attached hydrogen (secondary N) is 2. The lowest BCUT2D eigenvalue weighted by atomic mass is 10.2. The van der Waals surface area contributed by atoms with Crippen LogP contribution in [0.25, 0.3) is 0 Å². The van der Waals surface area contributed by atoms with E-state index >= 15 is 0 Å². The molecule has 3 N–H and O–H groups in total. The number of nitrogens with zero attached hydrogens (tertiary/aromatic N) is 1. The Morgan fingerprint density at radius 3 is 2.59 bits per heavy atom. The molecule has 1 rings (SSSR count). The molecular weight excluding hydrogens is 242 g/mol. The van der Waals surface area contributed by atoms with Gasteiger partial charge in [-0.2, -0.15) is 0 Å². The van der Waals surface area contributed by atoms with Crippen LogP contribution in [-0.2, 0) is 0 Å². The van der Waals surface area contributed by atoms with Crippen molar-refractivity contribution in [2.45, 2.75) is 11.4 Å². The van der Waals surface area contributed by atoms with Crippen molar-refractivity contribution in [2.75, 3.05) is 13.1 Å². The zero-order chi connectivity index (χ0) is 12.7. The molecule has 7 heteroatoms. The molecule has 1 heterocycles. The average Bonchev–Trinajstić information content (AvgIpc) is 2.29. The predicted molar refractivity (Wildman–Crippen MR) is 64.5 cm³/mol. The third-order valence-electron chi connectivity index (χ3n) is 1.93. The highest BCUT2D eigenvalue weighted by atomic mass is 32.1. The Hall–Kier alpha value is -1.76. The van der Waals surface area contributed by atoms with Crippen molar-refractivity contribution in [3.05, 3.63) is 23.9 Å². The second-order valence-corrected chi connectivity index (χ2v) is 3.70. The lowest BCUT2D eigenvalue weighted by molar-refractivity contribution is 0.0953. The molecule has 0 radical (unpaired) electrons. The number of hydrogen-bond donors (Lipinski definition) is 4. The van der Waals surface area contributed by atoms with Gasteiger partial charge in [0.2, 0.25) is 0 Å². The van der Waals surface area contributed by atoms with Crippen molar-refractivity contribution in [3.8, 4) is 0 Å². The van der Waals surface area contributed by atoms with Crippen molar-refractivity contribution < 1.29 is 14.7 Å². The van der Waals surface area contributed by atoms with Gasteiger partial charge >= 0.3 is 6.09 Å². The first-order valence-corrected chi connectivity index (χ1v) is 5.44. The molecule has 0 aliphatic carbocycles. The Bertz CT molecular complexity index is 394. The predicted octanol–water partition coefficient (Wildman–Crippen LogP) is 0.758. The van der Waals surface area contributed by atoms with Crippen LogP contribution in [-0.4, -0.2) is 35.2 Å². The highest BCUT2D eigenvalue weighted by Crippen LogP contribution is 2.03. The van der Waals surface area contributed by atoms with Crippen LogP contribution < -0.4 is 10.6 Å². The molecule has 92 valence electrons. The van der Waals surface area contributed by atoms with E-state index in [-0.39, 0.29) is 5.91 Å². The largest absolute Gasteiger partial charge is 0.465 e. The van der Waals surface area contributed by atoms with Gasteiger partial charge < -0.3 is 15.7 Å². The van der Waals surface area contributed by atoms with Crippen molar-refractivity contribution in [1.29, 1.82) is 0 Å². The molecule has 2 amide bonds. The van der Waals surface area contributed by atoms with Gasteiger partial charge in [-0.25, -0.2) is 9.78 Å². The SMILES string of the molecule is O=C(O)NCCCNC(=O)c1ccc(S)nc1. The van der Waals surface area contributed by atoms with Crippen LogP contribution in [0.4, 0.5) is 4.79 Å². The number of amides is 2. The van der Waals surface area contributed by atoms with Gasteiger partial charge in [0.25, 0.3) is 5.91 Å². The minimum absolute atomic E-state index is 0.235. The molecule has 0 bridgehead atoms. The average molecular weight is 255 g/mol. The molecule has 0 spiro atoms. The van der Waals surface area contributed by atoms with Crippen LogP contribution in [0.15, 0.2) is 23.4 Å². The second-order valence-electron chi connectivity index (χ2n) is 3.25. The Labute approximate surface area is 104 Å². The molecule has 6 nitrogen and oxygen atoms in total. The van der Waals surface area contributed by atoms with E-state index in [2.05, 4.69) is 28.2 Å². The summed E-state index contributed by atoms with van der Waals surface area (Å²) < 4.78 is 0. The minimum atomic E-state index is -1.06. The molecular formula is C10H13N3O3S. The van der Waals surface area contributed by atoms with Crippen molar-refractivity contribution in [1.82, 2.24) is 15.6 Å². The van der Waals surface area contributed by atoms with Gasteiger partial charge in [0.05, 0.1) is 10.6 Å². The monoisotopic (exact) mass is 255 g/mol. The van der Waals surface area contributed by atoms with E-state index in [1.165, 1.54) is 6.20 Å². The number of carbonyl (C=O) groups is 2. The number of carbonyl (C=O) groups excluding carboxylic acids is 1. The molecule has 1 aromatic heterocycles. The molecule has 0 aromatic carbocycles. The van der Waals surface area contributed by atoms with Crippen molar-refractivity contribution in [3.63, 3.8) is 0 Å². The number of carboxylic acid groups (broad SMARTS) is 1. The molecule has 0 aliphatic heterocycles. The lowest BCUT2D eigenvalue weighted by Crippen LogP contribution is -2.29. The van der Waals surface area contributed by atoms with E-state index in [0.29, 0.717) is 30.1 Å². The topological polar surface area (TPSA) is 91.3 Å². The van der Waals surface area contributed by atoms with Gasteiger partial charge in [0.1, 0.15) is 0 Å². The quantitative estimate of drug-likeness (QED) is 0.462. The van der Waals surface area contributed by atoms with Crippen molar-refractivity contribution >= 4 is 24.6 Å². The standard InChI is InChI=1S/C10H13N3O3S/c14-9(7-2-3-8(17)13-6-7)11-4-1-5-12-10(15)16/h2-3,6,12H,1,4-5H2,(H,11,14)(H,13,17)(H,15,16). The van der Waals surface area contributed by atoms with Gasteiger partial charge in [0.15, 0.2) is 0 Å². The van der Waals surface area contributed by atoms with Crippen LogP contribution in [0.5, 0.6) is 0 Å². The normalized spacial score (nSPS) is 9.71. The smallest absolute Gasteiger partial charge is 0.404 e. The number of pyridine rings is 1. The summed E-state index contributed by atoms with van der Waals surface area (Å²) in [6, 6.07) is 3.25. The molecule has 1 aromatic rings. The van der Waals surface area contributed by atoms with Crippen LogP contribution >= 0.6 is 12.6 Å². The van der Waals surface area contributed by atoms with E-state index in [1.54, 1.807) is 12.1 Å². The maximum absolute atomic E-state index is 11.5. The fourth-order valence-corrected chi connectivity index (χ4v) is 1.24. The van der Waals surface area contributed by atoms with Gasteiger partial charge in [0, 0.05) is 19.3 Å². The zero-order valence-corrected chi connectivity index (χ0v) is 9.91. The molecule has 17 heavy (non-hydrogen) atoms.